The molecular weight excluding hydrogens is 212 g/mol. The Hall–Kier alpha value is -1.57. The maximum Gasteiger partial charge on any atom is 0.307 e. The summed E-state index contributed by atoms with van der Waals surface area (Å²) >= 11 is 0. The van der Waals surface area contributed by atoms with Gasteiger partial charge in [0.1, 0.15) is 0 Å². The van der Waals surface area contributed by atoms with E-state index in [1.165, 1.54) is 0 Å². The number of hydrogen-bond acceptors (Lipinski definition) is 1. The normalized spacial score (nSPS) is 26.6. The number of carbonyl (C=O) groups is 1. The van der Waals surface area contributed by atoms with Gasteiger partial charge in [0.2, 0.25) is 0 Å². The van der Waals surface area contributed by atoms with E-state index in [1.54, 1.807) is 0 Å². The SMILES string of the molecule is C/C(=C\c1ccccc1)[C@H]1[C@H](C(=O)O)C1(C)C. The van der Waals surface area contributed by atoms with Crippen molar-refractivity contribution in [2.45, 2.75) is 20.8 Å². The minimum Gasteiger partial charge on any atom is -0.481 e. The fourth-order valence-corrected chi connectivity index (χ4v) is 2.85. The highest BCUT2D eigenvalue weighted by atomic mass is 16.4. The molecule has 0 amide bonds. The minimum atomic E-state index is -0.680. The highest BCUT2D eigenvalue weighted by Crippen LogP contribution is 2.61. The van der Waals surface area contributed by atoms with E-state index in [-0.39, 0.29) is 17.3 Å². The lowest BCUT2D eigenvalue weighted by Gasteiger charge is -2.03. The lowest BCUT2D eigenvalue weighted by atomic mass is 10.0. The van der Waals surface area contributed by atoms with E-state index < -0.39 is 5.97 Å². The van der Waals surface area contributed by atoms with Crippen molar-refractivity contribution in [3.8, 4) is 0 Å². The van der Waals surface area contributed by atoms with Gasteiger partial charge in [-0.3, -0.25) is 4.79 Å². The highest BCUT2D eigenvalue weighted by molar-refractivity contribution is 5.77. The molecule has 1 aromatic carbocycles. The third kappa shape index (κ3) is 2.12. The Morgan fingerprint density at radius 1 is 1.24 bits per heavy atom. The molecule has 0 aliphatic heterocycles. The lowest BCUT2D eigenvalue weighted by molar-refractivity contribution is -0.139. The Bertz CT molecular complexity index is 457. The summed E-state index contributed by atoms with van der Waals surface area (Å²) in [6.07, 6.45) is 2.09. The van der Waals surface area contributed by atoms with E-state index in [1.807, 2.05) is 51.1 Å². The summed E-state index contributed by atoms with van der Waals surface area (Å²) in [5.41, 5.74) is 2.19. The van der Waals surface area contributed by atoms with Crippen LogP contribution in [-0.2, 0) is 4.79 Å². The van der Waals surface area contributed by atoms with Crippen LogP contribution >= 0.6 is 0 Å². The second kappa shape index (κ2) is 4.02. The van der Waals surface area contributed by atoms with Gasteiger partial charge in [0.05, 0.1) is 5.92 Å². The number of benzene rings is 1. The second-order valence-electron chi connectivity index (χ2n) is 5.41. The number of hydrogen-bond donors (Lipinski definition) is 1. The van der Waals surface area contributed by atoms with Gasteiger partial charge >= 0.3 is 5.97 Å². The topological polar surface area (TPSA) is 37.3 Å². The van der Waals surface area contributed by atoms with Crippen molar-refractivity contribution >= 4 is 12.0 Å². The lowest BCUT2D eigenvalue weighted by Crippen LogP contribution is -2.03. The summed E-state index contributed by atoms with van der Waals surface area (Å²) in [5.74, 6) is -0.747. The molecular formula is C15H18O2. The molecule has 1 saturated carbocycles. The summed E-state index contributed by atoms with van der Waals surface area (Å²) in [5, 5.41) is 9.15. The molecule has 17 heavy (non-hydrogen) atoms. The average Bonchev–Trinajstić information content (AvgIpc) is 2.83. The Balaban J connectivity index is 2.20. The number of carboxylic acid groups (broad SMARTS) is 1. The van der Waals surface area contributed by atoms with Gasteiger partial charge in [-0.25, -0.2) is 0 Å². The molecule has 2 atom stereocenters. The molecule has 0 bridgehead atoms. The number of aliphatic carboxylic acids is 1. The summed E-state index contributed by atoms with van der Waals surface area (Å²) in [4.78, 5) is 11.1. The first kappa shape index (κ1) is 11.9. The van der Waals surface area contributed by atoms with Gasteiger partial charge in [-0.1, -0.05) is 55.8 Å². The van der Waals surface area contributed by atoms with Gasteiger partial charge < -0.3 is 5.11 Å². The van der Waals surface area contributed by atoms with E-state index in [4.69, 9.17) is 5.11 Å². The zero-order valence-corrected chi connectivity index (χ0v) is 10.5. The number of allylic oxidation sites excluding steroid dienone is 1. The van der Waals surface area contributed by atoms with Crippen LogP contribution in [0.3, 0.4) is 0 Å². The van der Waals surface area contributed by atoms with E-state index in [9.17, 15) is 4.79 Å². The molecule has 0 spiro atoms. The maximum absolute atomic E-state index is 11.1. The largest absolute Gasteiger partial charge is 0.481 e. The van der Waals surface area contributed by atoms with Gasteiger partial charge in [-0.15, -0.1) is 0 Å². The highest BCUT2D eigenvalue weighted by Gasteiger charge is 2.62. The Kier molecular flexibility index (Phi) is 2.82. The van der Waals surface area contributed by atoms with Crippen LogP contribution in [0.4, 0.5) is 0 Å². The fourth-order valence-electron chi connectivity index (χ4n) is 2.85. The zero-order valence-electron chi connectivity index (χ0n) is 10.5. The second-order valence-corrected chi connectivity index (χ2v) is 5.41. The van der Waals surface area contributed by atoms with E-state index in [2.05, 4.69) is 6.08 Å². The Labute approximate surface area is 102 Å². The molecule has 2 nitrogen and oxygen atoms in total. The van der Waals surface area contributed by atoms with Gasteiger partial charge in [0.25, 0.3) is 0 Å². The van der Waals surface area contributed by atoms with Gasteiger partial charge in [-0.2, -0.15) is 0 Å². The van der Waals surface area contributed by atoms with Crippen LogP contribution in [0.2, 0.25) is 0 Å². The van der Waals surface area contributed by atoms with Crippen molar-refractivity contribution in [2.75, 3.05) is 0 Å². The molecule has 1 aromatic rings. The van der Waals surface area contributed by atoms with Crippen LogP contribution in [0.1, 0.15) is 26.3 Å². The van der Waals surface area contributed by atoms with Crippen LogP contribution in [0, 0.1) is 17.3 Å². The third-order valence-electron chi connectivity index (χ3n) is 3.78. The van der Waals surface area contributed by atoms with E-state index in [0.717, 1.165) is 11.1 Å². The molecule has 0 heterocycles. The summed E-state index contributed by atoms with van der Waals surface area (Å²) in [6.45, 7) is 6.08. The number of carboxylic acids is 1. The maximum atomic E-state index is 11.1. The molecule has 0 unspecified atom stereocenters. The summed E-state index contributed by atoms with van der Waals surface area (Å²) in [6, 6.07) is 10.0. The first-order chi connectivity index (χ1) is 7.94. The Morgan fingerprint density at radius 2 is 1.82 bits per heavy atom. The smallest absolute Gasteiger partial charge is 0.307 e. The van der Waals surface area contributed by atoms with Crippen molar-refractivity contribution < 1.29 is 9.90 Å². The quantitative estimate of drug-likeness (QED) is 0.863. The van der Waals surface area contributed by atoms with Gasteiger partial charge in [-0.05, 0) is 23.8 Å². The standard InChI is InChI=1S/C15H18O2/c1-10(9-11-7-5-4-6-8-11)12-13(14(16)17)15(12,2)3/h4-9,12-13H,1-3H3,(H,16,17)/b10-9+/t12-,13+/m0/s1. The first-order valence-electron chi connectivity index (χ1n) is 5.90. The predicted octanol–water partition coefficient (Wildman–Crippen LogP) is 3.45. The van der Waals surface area contributed by atoms with Crippen LogP contribution in [0.25, 0.3) is 6.08 Å². The first-order valence-corrected chi connectivity index (χ1v) is 5.90. The minimum absolute atomic E-state index is 0.110. The Morgan fingerprint density at radius 3 is 2.29 bits per heavy atom. The van der Waals surface area contributed by atoms with Crippen molar-refractivity contribution in [2.24, 2.45) is 17.3 Å². The van der Waals surface area contributed by atoms with Crippen molar-refractivity contribution in [3.63, 3.8) is 0 Å². The third-order valence-corrected chi connectivity index (χ3v) is 3.78. The van der Waals surface area contributed by atoms with Crippen molar-refractivity contribution in [1.82, 2.24) is 0 Å². The molecule has 0 radical (unpaired) electrons. The van der Waals surface area contributed by atoms with Crippen LogP contribution in [-0.4, -0.2) is 11.1 Å². The van der Waals surface area contributed by atoms with E-state index in [0.29, 0.717) is 0 Å². The molecule has 1 aliphatic rings. The monoisotopic (exact) mass is 230 g/mol. The number of rotatable bonds is 3. The average molecular weight is 230 g/mol. The molecule has 0 saturated heterocycles. The van der Waals surface area contributed by atoms with Crippen molar-refractivity contribution in [3.05, 3.63) is 41.5 Å². The molecule has 2 rings (SSSR count). The molecule has 2 heteroatoms. The zero-order chi connectivity index (χ0) is 12.6. The molecule has 1 N–H and O–H groups in total. The summed E-state index contributed by atoms with van der Waals surface area (Å²) in [7, 11) is 0. The molecule has 0 aromatic heterocycles. The van der Waals surface area contributed by atoms with Crippen LogP contribution in [0.15, 0.2) is 35.9 Å². The summed E-state index contributed by atoms with van der Waals surface area (Å²) < 4.78 is 0. The predicted molar refractivity (Wildman–Crippen MR) is 68.5 cm³/mol. The van der Waals surface area contributed by atoms with Gasteiger partial charge in [0.15, 0.2) is 0 Å². The van der Waals surface area contributed by atoms with E-state index >= 15 is 0 Å². The molecule has 1 aliphatic carbocycles. The van der Waals surface area contributed by atoms with Gasteiger partial charge in [0, 0.05) is 0 Å². The van der Waals surface area contributed by atoms with Crippen LogP contribution < -0.4 is 0 Å². The fraction of sp³-hybridized carbons (Fsp3) is 0.400. The molecule has 90 valence electrons. The van der Waals surface area contributed by atoms with Crippen LogP contribution in [0.5, 0.6) is 0 Å². The van der Waals surface area contributed by atoms with Crippen molar-refractivity contribution in [1.29, 1.82) is 0 Å². The molecule has 1 fully saturated rings.